The molecule has 1 saturated carbocycles. The third kappa shape index (κ3) is 7.59. The van der Waals surface area contributed by atoms with Crippen LogP contribution in [-0.4, -0.2) is 49.1 Å². The number of urea groups is 1. The summed E-state index contributed by atoms with van der Waals surface area (Å²) in [6, 6.07) is 10.0. The second-order valence-electron chi connectivity index (χ2n) is 8.31. The third-order valence-corrected chi connectivity index (χ3v) is 5.89. The van der Waals surface area contributed by atoms with Crippen LogP contribution in [-0.2, 0) is 4.79 Å². The molecular weight excluding hydrogens is 366 g/mol. The fourth-order valence-corrected chi connectivity index (χ4v) is 4.24. The highest BCUT2D eigenvalue weighted by Gasteiger charge is 2.24. The summed E-state index contributed by atoms with van der Waals surface area (Å²) in [5.41, 5.74) is 0. The first-order valence-electron chi connectivity index (χ1n) is 11.2. The molecule has 0 aromatic heterocycles. The molecule has 2 aliphatic rings. The summed E-state index contributed by atoms with van der Waals surface area (Å²) in [5, 5.41) is 5.94. The highest BCUT2D eigenvalue weighted by atomic mass is 16.5. The number of para-hydroxylation sites is 1. The summed E-state index contributed by atoms with van der Waals surface area (Å²) in [5.74, 6) is 1.45. The van der Waals surface area contributed by atoms with E-state index in [0.717, 1.165) is 44.5 Å². The van der Waals surface area contributed by atoms with E-state index in [1.807, 2.05) is 35.2 Å². The van der Waals surface area contributed by atoms with Crippen LogP contribution in [0.25, 0.3) is 0 Å². The van der Waals surface area contributed by atoms with Crippen molar-refractivity contribution in [2.45, 2.75) is 63.8 Å². The summed E-state index contributed by atoms with van der Waals surface area (Å²) < 4.78 is 5.87. The Labute approximate surface area is 174 Å². The molecule has 160 valence electrons. The fraction of sp³-hybridized carbons (Fsp3) is 0.652. The first-order chi connectivity index (χ1) is 14.2. The second-order valence-corrected chi connectivity index (χ2v) is 8.31. The number of ether oxygens (including phenoxy) is 1. The lowest BCUT2D eigenvalue weighted by molar-refractivity contribution is -0.133. The minimum atomic E-state index is -0.0968. The molecule has 3 rings (SSSR count). The summed E-state index contributed by atoms with van der Waals surface area (Å²) in [6.45, 7) is 2.78. The van der Waals surface area contributed by atoms with Gasteiger partial charge in [0.1, 0.15) is 5.75 Å². The average molecular weight is 402 g/mol. The number of carbonyl (C=O) groups is 2. The Kier molecular flexibility index (Phi) is 8.65. The Balaban J connectivity index is 1.29. The molecule has 1 aliphatic carbocycles. The van der Waals surface area contributed by atoms with Gasteiger partial charge in [-0.25, -0.2) is 4.79 Å². The van der Waals surface area contributed by atoms with E-state index >= 15 is 0 Å². The van der Waals surface area contributed by atoms with E-state index < -0.39 is 0 Å². The number of nitrogens with one attached hydrogen (secondary N) is 2. The van der Waals surface area contributed by atoms with E-state index in [1.165, 1.54) is 19.3 Å². The van der Waals surface area contributed by atoms with E-state index in [1.54, 1.807) is 0 Å². The van der Waals surface area contributed by atoms with Gasteiger partial charge in [-0.05, 0) is 44.2 Å². The predicted octanol–water partition coefficient (Wildman–Crippen LogP) is 3.72. The number of benzene rings is 1. The fourth-order valence-electron chi connectivity index (χ4n) is 4.24. The molecule has 1 aromatic rings. The van der Waals surface area contributed by atoms with Crippen molar-refractivity contribution in [3.63, 3.8) is 0 Å². The SMILES string of the molecule is O=C(NCCCC(=O)N1CCCC(COc2ccccc2)C1)NC1CCCCC1. The van der Waals surface area contributed by atoms with Crippen LogP contribution in [0.1, 0.15) is 57.8 Å². The summed E-state index contributed by atoms with van der Waals surface area (Å²) in [6.07, 6.45) is 9.12. The van der Waals surface area contributed by atoms with Gasteiger partial charge in [0, 0.05) is 38.0 Å². The highest BCUT2D eigenvalue weighted by Crippen LogP contribution is 2.20. The Hall–Kier alpha value is -2.24. The number of piperidine rings is 1. The molecule has 1 atom stereocenters. The smallest absolute Gasteiger partial charge is 0.315 e. The van der Waals surface area contributed by atoms with Crippen LogP contribution in [0.4, 0.5) is 4.79 Å². The van der Waals surface area contributed by atoms with E-state index in [-0.39, 0.29) is 11.9 Å². The van der Waals surface area contributed by atoms with Crippen molar-refractivity contribution in [1.82, 2.24) is 15.5 Å². The third-order valence-electron chi connectivity index (χ3n) is 5.89. The maximum absolute atomic E-state index is 12.5. The molecule has 29 heavy (non-hydrogen) atoms. The van der Waals surface area contributed by atoms with Gasteiger partial charge in [0.05, 0.1) is 6.61 Å². The van der Waals surface area contributed by atoms with Crippen molar-refractivity contribution in [1.29, 1.82) is 0 Å². The minimum absolute atomic E-state index is 0.0968. The lowest BCUT2D eigenvalue weighted by Crippen LogP contribution is -2.44. The molecule has 1 unspecified atom stereocenters. The number of hydrogen-bond acceptors (Lipinski definition) is 3. The van der Waals surface area contributed by atoms with Crippen molar-refractivity contribution in [2.75, 3.05) is 26.2 Å². The number of hydrogen-bond donors (Lipinski definition) is 2. The van der Waals surface area contributed by atoms with Gasteiger partial charge in [0.2, 0.25) is 5.91 Å². The molecule has 1 aliphatic heterocycles. The van der Waals surface area contributed by atoms with Crippen LogP contribution < -0.4 is 15.4 Å². The molecule has 3 amide bonds. The standard InChI is InChI=1S/C23H35N3O3/c27-22(14-7-15-24-23(28)25-20-10-3-1-4-11-20)26-16-8-9-19(17-26)18-29-21-12-5-2-6-13-21/h2,5-6,12-13,19-20H,1,3-4,7-11,14-18H2,(H2,24,25,28). The van der Waals surface area contributed by atoms with E-state index in [9.17, 15) is 9.59 Å². The van der Waals surface area contributed by atoms with Crippen molar-refractivity contribution in [2.24, 2.45) is 5.92 Å². The average Bonchev–Trinajstić information content (AvgIpc) is 2.77. The van der Waals surface area contributed by atoms with Crippen LogP contribution in [0.15, 0.2) is 30.3 Å². The molecule has 0 spiro atoms. The van der Waals surface area contributed by atoms with Gasteiger partial charge in [0.15, 0.2) is 0 Å². The molecule has 1 heterocycles. The summed E-state index contributed by atoms with van der Waals surface area (Å²) >= 11 is 0. The first-order valence-corrected chi connectivity index (χ1v) is 11.2. The van der Waals surface area contributed by atoms with Crippen LogP contribution in [0.5, 0.6) is 5.75 Å². The van der Waals surface area contributed by atoms with Crippen molar-refractivity contribution < 1.29 is 14.3 Å². The lowest BCUT2D eigenvalue weighted by Gasteiger charge is -2.32. The Bertz CT molecular complexity index is 632. The van der Waals surface area contributed by atoms with Gasteiger partial charge in [-0.2, -0.15) is 0 Å². The van der Waals surface area contributed by atoms with Gasteiger partial charge in [-0.3, -0.25) is 4.79 Å². The van der Waals surface area contributed by atoms with Crippen LogP contribution >= 0.6 is 0 Å². The zero-order chi connectivity index (χ0) is 20.3. The topological polar surface area (TPSA) is 70.7 Å². The monoisotopic (exact) mass is 401 g/mol. The molecule has 6 nitrogen and oxygen atoms in total. The zero-order valence-corrected chi connectivity index (χ0v) is 17.4. The largest absolute Gasteiger partial charge is 0.493 e. The van der Waals surface area contributed by atoms with Crippen LogP contribution in [0.3, 0.4) is 0 Å². The molecule has 2 fully saturated rings. The molecule has 1 saturated heterocycles. The van der Waals surface area contributed by atoms with Crippen LogP contribution in [0, 0.1) is 5.92 Å². The Morgan fingerprint density at radius 2 is 1.83 bits per heavy atom. The molecule has 0 bridgehead atoms. The van der Waals surface area contributed by atoms with E-state index in [2.05, 4.69) is 10.6 Å². The quantitative estimate of drug-likeness (QED) is 0.652. The molecule has 2 N–H and O–H groups in total. The van der Waals surface area contributed by atoms with Gasteiger partial charge < -0.3 is 20.3 Å². The Morgan fingerprint density at radius 3 is 2.62 bits per heavy atom. The highest BCUT2D eigenvalue weighted by molar-refractivity contribution is 5.76. The van der Waals surface area contributed by atoms with Crippen molar-refractivity contribution in [3.8, 4) is 5.75 Å². The number of amides is 3. The van der Waals surface area contributed by atoms with Crippen LogP contribution in [0.2, 0.25) is 0 Å². The maximum Gasteiger partial charge on any atom is 0.315 e. The zero-order valence-electron chi connectivity index (χ0n) is 17.4. The molecule has 0 radical (unpaired) electrons. The van der Waals surface area contributed by atoms with Crippen molar-refractivity contribution >= 4 is 11.9 Å². The van der Waals surface area contributed by atoms with Crippen molar-refractivity contribution in [3.05, 3.63) is 30.3 Å². The maximum atomic E-state index is 12.5. The van der Waals surface area contributed by atoms with Gasteiger partial charge in [-0.15, -0.1) is 0 Å². The molecule has 1 aromatic carbocycles. The lowest BCUT2D eigenvalue weighted by atomic mass is 9.96. The van der Waals surface area contributed by atoms with Gasteiger partial charge in [0.25, 0.3) is 0 Å². The van der Waals surface area contributed by atoms with Gasteiger partial charge >= 0.3 is 6.03 Å². The summed E-state index contributed by atoms with van der Waals surface area (Å²) in [4.78, 5) is 26.5. The number of likely N-dealkylation sites (tertiary alicyclic amines) is 1. The van der Waals surface area contributed by atoms with E-state index in [0.29, 0.717) is 38.0 Å². The molecular formula is C23H35N3O3. The van der Waals surface area contributed by atoms with Gasteiger partial charge in [-0.1, -0.05) is 37.5 Å². The predicted molar refractivity (Wildman–Crippen MR) is 114 cm³/mol. The number of rotatable bonds is 8. The normalized spacial score (nSPS) is 20.1. The minimum Gasteiger partial charge on any atom is -0.493 e. The number of nitrogens with zero attached hydrogens (tertiary/aromatic N) is 1. The second kappa shape index (κ2) is 11.7. The first kappa shape index (κ1) is 21.5. The Morgan fingerprint density at radius 1 is 1.03 bits per heavy atom. The number of carbonyl (C=O) groups excluding carboxylic acids is 2. The van der Waals surface area contributed by atoms with E-state index in [4.69, 9.17) is 4.74 Å². The molecule has 6 heteroatoms. The summed E-state index contributed by atoms with van der Waals surface area (Å²) in [7, 11) is 0.